The Bertz CT molecular complexity index is 1330. The molecule has 8 heteroatoms. The molecule has 3 aromatic carbocycles. The maximum Gasteiger partial charge on any atom is 0.285 e. The smallest absolute Gasteiger partial charge is 0.285 e. The number of carbonyl (C=O) groups is 2. The molecule has 0 atom stereocenters. The van der Waals surface area contributed by atoms with E-state index in [2.05, 4.69) is 66.4 Å². The largest absolute Gasteiger partial charge is 0.488 e. The molecule has 1 aliphatic heterocycles. The highest BCUT2D eigenvalue weighted by molar-refractivity contribution is 9.10. The van der Waals surface area contributed by atoms with Gasteiger partial charge in [0.15, 0.2) is 4.32 Å². The van der Waals surface area contributed by atoms with E-state index in [1.807, 2.05) is 24.3 Å². The summed E-state index contributed by atoms with van der Waals surface area (Å²) in [5, 5.41) is 1.11. The molecule has 1 N–H and O–H groups in total. The summed E-state index contributed by atoms with van der Waals surface area (Å²) < 4.78 is 7.23. The van der Waals surface area contributed by atoms with Gasteiger partial charge < -0.3 is 4.74 Å². The molecule has 0 aromatic heterocycles. The molecular formula is C28H25BrN2O3S2. The number of benzene rings is 3. The standard InChI is InChI=1S/C28H25BrN2O3S2/c1-28(2,3)21-11-9-18(10-12-21)17-34-23-14-13-22(29)15-20(23)16-24-26(33)31(27(35)36-24)30-25(32)19-7-5-4-6-8-19/h4-16H,17H2,1-3H3,(H,30,32)/b24-16+. The van der Waals surface area contributed by atoms with Crippen LogP contribution in [0.15, 0.2) is 82.2 Å². The van der Waals surface area contributed by atoms with Crippen LogP contribution in [0.2, 0.25) is 0 Å². The van der Waals surface area contributed by atoms with Crippen molar-refractivity contribution in [3.8, 4) is 5.75 Å². The molecular weight excluding hydrogens is 556 g/mol. The van der Waals surface area contributed by atoms with Crippen molar-refractivity contribution in [2.45, 2.75) is 32.8 Å². The predicted molar refractivity (Wildman–Crippen MR) is 153 cm³/mol. The first-order valence-electron chi connectivity index (χ1n) is 11.3. The Morgan fingerprint density at radius 3 is 2.44 bits per heavy atom. The summed E-state index contributed by atoms with van der Waals surface area (Å²) in [5.41, 5.74) is 6.16. The molecule has 0 saturated carbocycles. The van der Waals surface area contributed by atoms with Crippen LogP contribution < -0.4 is 10.2 Å². The number of amides is 2. The van der Waals surface area contributed by atoms with E-state index in [4.69, 9.17) is 17.0 Å². The van der Waals surface area contributed by atoms with Crippen LogP contribution in [0.4, 0.5) is 0 Å². The minimum Gasteiger partial charge on any atom is -0.488 e. The van der Waals surface area contributed by atoms with Gasteiger partial charge in [0.1, 0.15) is 12.4 Å². The summed E-state index contributed by atoms with van der Waals surface area (Å²) in [6.45, 7) is 6.94. The van der Waals surface area contributed by atoms with Gasteiger partial charge in [0, 0.05) is 15.6 Å². The summed E-state index contributed by atoms with van der Waals surface area (Å²) in [4.78, 5) is 26.0. The SMILES string of the molecule is CC(C)(C)c1ccc(COc2ccc(Br)cc2/C=C2/SC(=S)N(NC(=O)c3ccccc3)C2=O)cc1. The third kappa shape index (κ3) is 6.24. The molecule has 0 bridgehead atoms. The highest BCUT2D eigenvalue weighted by Gasteiger charge is 2.34. The van der Waals surface area contributed by atoms with Crippen LogP contribution >= 0.6 is 39.9 Å². The highest BCUT2D eigenvalue weighted by Crippen LogP contribution is 2.34. The summed E-state index contributed by atoms with van der Waals surface area (Å²) >= 11 is 9.99. The topological polar surface area (TPSA) is 58.6 Å². The lowest BCUT2D eigenvalue weighted by Gasteiger charge is -2.19. The molecule has 0 spiro atoms. The number of hydrazine groups is 1. The summed E-state index contributed by atoms with van der Waals surface area (Å²) in [6, 6.07) is 22.7. The lowest BCUT2D eigenvalue weighted by molar-refractivity contribution is -0.123. The Kier molecular flexibility index (Phi) is 7.97. The number of thiocarbonyl (C=S) groups is 1. The van der Waals surface area contributed by atoms with Crippen molar-refractivity contribution in [3.05, 3.63) is 104 Å². The molecule has 2 amide bonds. The maximum atomic E-state index is 13.1. The average molecular weight is 582 g/mol. The first kappa shape index (κ1) is 26.1. The first-order chi connectivity index (χ1) is 17.1. The van der Waals surface area contributed by atoms with E-state index in [0.29, 0.717) is 22.8 Å². The predicted octanol–water partition coefficient (Wildman–Crippen LogP) is 6.87. The second kappa shape index (κ2) is 11.0. The van der Waals surface area contributed by atoms with Gasteiger partial charge in [0.25, 0.3) is 11.8 Å². The van der Waals surface area contributed by atoms with Crippen LogP contribution in [0.5, 0.6) is 5.75 Å². The van der Waals surface area contributed by atoms with Gasteiger partial charge in [-0.2, -0.15) is 5.01 Å². The zero-order chi connectivity index (χ0) is 25.9. The number of hydrogen-bond acceptors (Lipinski definition) is 5. The van der Waals surface area contributed by atoms with E-state index < -0.39 is 11.8 Å². The zero-order valence-corrected chi connectivity index (χ0v) is 23.3. The number of hydrogen-bond donors (Lipinski definition) is 1. The normalized spacial score (nSPS) is 14.9. The number of carbonyl (C=O) groups excluding carboxylic acids is 2. The van der Waals surface area contributed by atoms with Crippen molar-refractivity contribution < 1.29 is 14.3 Å². The van der Waals surface area contributed by atoms with Gasteiger partial charge >= 0.3 is 0 Å². The number of rotatable bonds is 6. The molecule has 0 aliphatic carbocycles. The van der Waals surface area contributed by atoms with Crippen molar-refractivity contribution in [2.24, 2.45) is 0 Å². The molecule has 1 aliphatic rings. The lowest BCUT2D eigenvalue weighted by Crippen LogP contribution is -2.44. The van der Waals surface area contributed by atoms with Gasteiger partial charge in [-0.3, -0.25) is 15.0 Å². The van der Waals surface area contributed by atoms with Gasteiger partial charge in [-0.25, -0.2) is 0 Å². The van der Waals surface area contributed by atoms with Gasteiger partial charge in [0.2, 0.25) is 0 Å². The molecule has 36 heavy (non-hydrogen) atoms. The third-order valence-electron chi connectivity index (χ3n) is 5.52. The summed E-state index contributed by atoms with van der Waals surface area (Å²) in [7, 11) is 0. The fourth-order valence-electron chi connectivity index (χ4n) is 3.49. The van der Waals surface area contributed by atoms with E-state index in [0.717, 1.165) is 32.4 Å². The number of halogens is 1. The summed E-state index contributed by atoms with van der Waals surface area (Å²) in [5.74, 6) is -0.160. The summed E-state index contributed by atoms with van der Waals surface area (Å²) in [6.07, 6.45) is 1.73. The Morgan fingerprint density at radius 2 is 1.78 bits per heavy atom. The monoisotopic (exact) mass is 580 g/mol. The van der Waals surface area contributed by atoms with E-state index >= 15 is 0 Å². The van der Waals surface area contributed by atoms with Crippen LogP contribution in [0.3, 0.4) is 0 Å². The second-order valence-corrected chi connectivity index (χ2v) is 11.8. The minimum atomic E-state index is -0.405. The van der Waals surface area contributed by atoms with E-state index in [-0.39, 0.29) is 9.74 Å². The van der Waals surface area contributed by atoms with Crippen LogP contribution in [0, 0.1) is 0 Å². The van der Waals surface area contributed by atoms with Crippen LogP contribution in [-0.4, -0.2) is 21.1 Å². The minimum absolute atomic E-state index is 0.0883. The quantitative estimate of drug-likeness (QED) is 0.254. The van der Waals surface area contributed by atoms with Gasteiger partial charge in [-0.05, 0) is 65.2 Å². The maximum absolute atomic E-state index is 13.1. The molecule has 1 fully saturated rings. The van der Waals surface area contributed by atoms with E-state index in [9.17, 15) is 9.59 Å². The van der Waals surface area contributed by atoms with Crippen molar-refractivity contribution in [2.75, 3.05) is 0 Å². The Hall–Kier alpha value is -2.94. The molecule has 3 aromatic rings. The molecule has 184 valence electrons. The Morgan fingerprint density at radius 1 is 1.08 bits per heavy atom. The molecule has 1 heterocycles. The van der Waals surface area contributed by atoms with Crippen molar-refractivity contribution >= 4 is 62.1 Å². The van der Waals surface area contributed by atoms with Crippen LogP contribution in [0.1, 0.15) is 47.8 Å². The highest BCUT2D eigenvalue weighted by atomic mass is 79.9. The van der Waals surface area contributed by atoms with E-state index in [1.165, 1.54) is 5.56 Å². The molecule has 0 radical (unpaired) electrons. The van der Waals surface area contributed by atoms with Crippen molar-refractivity contribution in [3.63, 3.8) is 0 Å². The lowest BCUT2D eigenvalue weighted by atomic mass is 9.87. The van der Waals surface area contributed by atoms with Gasteiger partial charge in [-0.15, -0.1) is 0 Å². The molecule has 1 saturated heterocycles. The van der Waals surface area contributed by atoms with Crippen molar-refractivity contribution in [1.29, 1.82) is 0 Å². The molecule has 4 rings (SSSR count). The molecule has 0 unspecified atom stereocenters. The fraction of sp³-hybridized carbons (Fsp3) is 0.179. The average Bonchev–Trinajstić information content (AvgIpc) is 3.11. The second-order valence-electron chi connectivity index (χ2n) is 9.24. The van der Waals surface area contributed by atoms with Crippen LogP contribution in [-0.2, 0) is 16.8 Å². The van der Waals surface area contributed by atoms with E-state index in [1.54, 1.807) is 30.3 Å². The number of ether oxygens (including phenoxy) is 1. The number of nitrogens with one attached hydrogen (secondary N) is 1. The number of thioether (sulfide) groups is 1. The van der Waals surface area contributed by atoms with Gasteiger partial charge in [0.05, 0.1) is 4.91 Å². The Balaban J connectivity index is 1.50. The molecule has 5 nitrogen and oxygen atoms in total. The van der Waals surface area contributed by atoms with Crippen molar-refractivity contribution in [1.82, 2.24) is 10.4 Å². The van der Waals surface area contributed by atoms with Crippen LogP contribution in [0.25, 0.3) is 6.08 Å². The first-order valence-corrected chi connectivity index (χ1v) is 13.3. The third-order valence-corrected chi connectivity index (χ3v) is 7.31. The number of nitrogens with zero attached hydrogens (tertiary/aromatic N) is 1. The van der Waals surface area contributed by atoms with Gasteiger partial charge in [-0.1, -0.05) is 90.9 Å². The zero-order valence-electron chi connectivity index (χ0n) is 20.1. The fourth-order valence-corrected chi connectivity index (χ4v) is 5.04. The Labute approximate surface area is 229 Å².